The summed E-state index contributed by atoms with van der Waals surface area (Å²) in [5, 5.41) is 22.8. The predicted molar refractivity (Wildman–Crippen MR) is 188 cm³/mol. The highest BCUT2D eigenvalue weighted by atomic mass is 16.8. The maximum Gasteiger partial charge on any atom is 0.350 e. The molecular formula is C37H43N9O4. The molecule has 0 N–H and O–H groups in total. The minimum absolute atomic E-state index is 0.0635. The van der Waals surface area contributed by atoms with Crippen LogP contribution in [0.4, 0.5) is 11.4 Å². The maximum absolute atomic E-state index is 12.8. The van der Waals surface area contributed by atoms with Crippen LogP contribution in [-0.4, -0.2) is 80.6 Å². The zero-order valence-electron chi connectivity index (χ0n) is 28.7. The van der Waals surface area contributed by atoms with E-state index >= 15 is 0 Å². The minimum atomic E-state index is -1.15. The Kier molecular flexibility index (Phi) is 9.31. The number of hydrogen-bond donors (Lipinski definition) is 0. The van der Waals surface area contributed by atoms with Crippen LogP contribution in [0.3, 0.4) is 0 Å². The van der Waals surface area contributed by atoms with Gasteiger partial charge in [0.15, 0.2) is 0 Å². The zero-order valence-corrected chi connectivity index (χ0v) is 28.7. The number of aromatic nitrogens is 6. The Bertz CT molecular complexity index is 1900. The van der Waals surface area contributed by atoms with Crippen molar-refractivity contribution in [1.29, 1.82) is 5.26 Å². The molecule has 4 aromatic rings. The van der Waals surface area contributed by atoms with Gasteiger partial charge in [-0.15, -0.1) is 0 Å². The van der Waals surface area contributed by atoms with Gasteiger partial charge in [-0.25, -0.2) is 14.0 Å². The second-order valence-electron chi connectivity index (χ2n) is 13.3. The van der Waals surface area contributed by atoms with Crippen molar-refractivity contribution in [3.63, 3.8) is 0 Å². The summed E-state index contributed by atoms with van der Waals surface area (Å²) in [6, 6.07) is 18.8. The van der Waals surface area contributed by atoms with Crippen molar-refractivity contribution in [1.82, 2.24) is 29.3 Å². The quantitative estimate of drug-likeness (QED) is 0.226. The van der Waals surface area contributed by atoms with Crippen molar-refractivity contribution in [2.45, 2.75) is 51.7 Å². The standard InChI is InChI=1S/C37H43N9O4/c1-4-28(2)46-35(47)44(27-41-46)32-10-8-30(9-11-32)42-19-21-43(22-20-42)31-12-14-33(15-13-31)48-24-34-25-49-37(50-34,26-45-39-17-18-40-45)36(3)16-6-5-7-29(36)23-38/h5-18,27-29,34H,4,19-22,24-26H2,1-3H3/t28?,29?,34-,36?,37-/m1/s1. The van der Waals surface area contributed by atoms with Crippen molar-refractivity contribution in [3.8, 4) is 17.5 Å². The summed E-state index contributed by atoms with van der Waals surface area (Å²) in [6.07, 6.45) is 13.0. The van der Waals surface area contributed by atoms with Crippen molar-refractivity contribution in [3.05, 3.63) is 102 Å². The second kappa shape index (κ2) is 14.0. The summed E-state index contributed by atoms with van der Waals surface area (Å²) in [4.78, 5) is 19.1. The number of nitriles is 1. The van der Waals surface area contributed by atoms with Crippen LogP contribution in [0.15, 0.2) is 96.4 Å². The monoisotopic (exact) mass is 677 g/mol. The van der Waals surface area contributed by atoms with Gasteiger partial charge in [0.25, 0.3) is 0 Å². The summed E-state index contributed by atoms with van der Waals surface area (Å²) in [5.41, 5.74) is 2.22. The van der Waals surface area contributed by atoms with Gasteiger partial charge >= 0.3 is 5.69 Å². The van der Waals surface area contributed by atoms with Crippen LogP contribution in [0.25, 0.3) is 5.69 Å². The number of piperazine rings is 1. The van der Waals surface area contributed by atoms with E-state index < -0.39 is 17.1 Å². The first kappa shape index (κ1) is 33.3. The number of hydrogen-bond acceptors (Lipinski definition) is 10. The van der Waals surface area contributed by atoms with E-state index in [2.05, 4.69) is 55.4 Å². The Morgan fingerprint density at radius 1 is 0.960 bits per heavy atom. The number of anilines is 2. The molecule has 7 rings (SSSR count). The van der Waals surface area contributed by atoms with Crippen LogP contribution in [-0.2, 0) is 16.0 Å². The topological polar surface area (TPSA) is 128 Å². The van der Waals surface area contributed by atoms with Gasteiger partial charge in [-0.1, -0.05) is 31.2 Å². The van der Waals surface area contributed by atoms with Crippen molar-refractivity contribution < 1.29 is 14.2 Å². The summed E-state index contributed by atoms with van der Waals surface area (Å²) in [6.45, 7) is 10.4. The molecule has 2 fully saturated rings. The van der Waals surface area contributed by atoms with E-state index in [1.165, 1.54) is 4.68 Å². The molecule has 0 bridgehead atoms. The third-order valence-corrected chi connectivity index (χ3v) is 10.3. The molecule has 1 aliphatic carbocycles. The van der Waals surface area contributed by atoms with E-state index in [1.54, 1.807) is 28.1 Å². The molecule has 0 amide bonds. The number of nitrogens with zero attached hydrogens (tertiary/aromatic N) is 9. The molecule has 13 heteroatoms. The second-order valence-corrected chi connectivity index (χ2v) is 13.3. The SMILES string of the molecule is CCC(C)n1ncn(-c2ccc(N3CCN(c4ccc(OC[C@@H]5CO[C@@](Cn6nccn6)(C6(C)C=CC=CC6C#N)O5)cc4)CC3)cc2)c1=O. The van der Waals surface area contributed by atoms with Crippen LogP contribution >= 0.6 is 0 Å². The van der Waals surface area contributed by atoms with Gasteiger partial charge in [0.2, 0.25) is 5.79 Å². The molecule has 13 nitrogen and oxygen atoms in total. The van der Waals surface area contributed by atoms with Crippen LogP contribution in [0, 0.1) is 22.7 Å². The first-order valence-corrected chi connectivity index (χ1v) is 17.2. The molecule has 2 aromatic carbocycles. The third-order valence-electron chi connectivity index (χ3n) is 10.3. The molecule has 3 unspecified atom stereocenters. The molecule has 0 spiro atoms. The first-order chi connectivity index (χ1) is 24.3. The molecule has 2 aromatic heterocycles. The Morgan fingerprint density at radius 2 is 1.60 bits per heavy atom. The molecule has 4 heterocycles. The normalized spacial score (nSPS) is 25.5. The summed E-state index contributed by atoms with van der Waals surface area (Å²) in [5.74, 6) is -0.842. The number of allylic oxidation sites excluding steroid dienone is 3. The van der Waals surface area contributed by atoms with E-state index in [0.29, 0.717) is 13.2 Å². The van der Waals surface area contributed by atoms with Gasteiger partial charge in [-0.2, -0.15) is 25.4 Å². The Morgan fingerprint density at radius 3 is 2.24 bits per heavy atom. The van der Waals surface area contributed by atoms with Gasteiger partial charge < -0.3 is 24.0 Å². The fourth-order valence-corrected chi connectivity index (χ4v) is 6.93. The minimum Gasteiger partial charge on any atom is -0.491 e. The molecule has 0 radical (unpaired) electrons. The predicted octanol–water partition coefficient (Wildman–Crippen LogP) is 4.39. The van der Waals surface area contributed by atoms with Crippen molar-refractivity contribution in [2.75, 3.05) is 49.2 Å². The van der Waals surface area contributed by atoms with Crippen LogP contribution in [0.2, 0.25) is 0 Å². The van der Waals surface area contributed by atoms with E-state index in [0.717, 1.165) is 55.4 Å². The van der Waals surface area contributed by atoms with Gasteiger partial charge in [-0.05, 0) is 68.8 Å². The number of rotatable bonds is 11. The summed E-state index contributed by atoms with van der Waals surface area (Å²) < 4.78 is 22.3. The largest absolute Gasteiger partial charge is 0.491 e. The Hall–Kier alpha value is -5.19. The molecule has 50 heavy (non-hydrogen) atoms. The fourth-order valence-electron chi connectivity index (χ4n) is 6.93. The molecule has 2 saturated heterocycles. The van der Waals surface area contributed by atoms with Gasteiger partial charge in [-0.3, -0.25) is 0 Å². The van der Waals surface area contributed by atoms with Crippen LogP contribution in [0.1, 0.15) is 33.2 Å². The third kappa shape index (κ3) is 6.32. The molecule has 260 valence electrons. The van der Waals surface area contributed by atoms with Crippen molar-refractivity contribution in [2.24, 2.45) is 11.3 Å². The average molecular weight is 678 g/mol. The first-order valence-electron chi connectivity index (χ1n) is 17.2. The Balaban J connectivity index is 0.931. The lowest BCUT2D eigenvalue weighted by Crippen LogP contribution is -2.54. The Labute approximate surface area is 291 Å². The van der Waals surface area contributed by atoms with Gasteiger partial charge in [0.1, 0.15) is 31.3 Å². The van der Waals surface area contributed by atoms with E-state index in [9.17, 15) is 10.1 Å². The highest BCUT2D eigenvalue weighted by molar-refractivity contribution is 5.54. The fraction of sp³-hybridized carbons (Fsp3) is 0.432. The average Bonchev–Trinajstić information content (AvgIpc) is 3.92. The van der Waals surface area contributed by atoms with Gasteiger partial charge in [0.05, 0.1) is 48.1 Å². The van der Waals surface area contributed by atoms with Gasteiger partial charge in [0, 0.05) is 37.6 Å². The lowest BCUT2D eigenvalue weighted by Gasteiger charge is -2.45. The van der Waals surface area contributed by atoms with Crippen LogP contribution < -0.4 is 20.2 Å². The maximum atomic E-state index is 12.8. The highest BCUT2D eigenvalue weighted by Gasteiger charge is 2.58. The summed E-state index contributed by atoms with van der Waals surface area (Å²) >= 11 is 0. The lowest BCUT2D eigenvalue weighted by atomic mass is 9.68. The molecular weight excluding hydrogens is 634 g/mol. The van der Waals surface area contributed by atoms with Crippen LogP contribution in [0.5, 0.6) is 5.75 Å². The zero-order chi connectivity index (χ0) is 34.7. The smallest absolute Gasteiger partial charge is 0.350 e. The van der Waals surface area contributed by atoms with Crippen molar-refractivity contribution >= 4 is 11.4 Å². The molecule has 2 aliphatic heterocycles. The molecule has 3 aliphatic rings. The van der Waals surface area contributed by atoms with E-state index in [4.69, 9.17) is 14.2 Å². The highest BCUT2D eigenvalue weighted by Crippen LogP contribution is 2.49. The lowest BCUT2D eigenvalue weighted by molar-refractivity contribution is -0.245. The number of benzene rings is 2. The van der Waals surface area contributed by atoms with E-state index in [1.807, 2.05) is 69.3 Å². The number of ether oxygens (including phenoxy) is 3. The van der Waals surface area contributed by atoms with E-state index in [-0.39, 0.29) is 24.4 Å². The summed E-state index contributed by atoms with van der Waals surface area (Å²) in [7, 11) is 0. The molecule has 0 saturated carbocycles. The molecule has 5 atom stereocenters.